The van der Waals surface area contributed by atoms with Crippen molar-refractivity contribution in [3.05, 3.63) is 64.7 Å². The number of hydrazine groups is 1. The number of aliphatic hydroxyl groups is 1. The second kappa shape index (κ2) is 9.16. The largest absolute Gasteiger partial charge is 0.479 e. The van der Waals surface area contributed by atoms with E-state index in [1.807, 2.05) is 0 Å². The molecule has 1 amide bonds. The minimum atomic E-state index is -2.14. The molecule has 0 radical (unpaired) electrons. The van der Waals surface area contributed by atoms with Crippen LogP contribution < -0.4 is 5.43 Å². The number of halogens is 2. The Morgan fingerprint density at radius 2 is 1.97 bits per heavy atom. The van der Waals surface area contributed by atoms with E-state index >= 15 is 0 Å². The number of hydrogen-bond acceptors (Lipinski definition) is 7. The maximum Gasteiger partial charge on any atom is 0.336 e. The number of tetrazole rings is 1. The molecule has 0 unspecified atom stereocenters. The van der Waals surface area contributed by atoms with E-state index in [0.717, 1.165) is 6.92 Å². The topological polar surface area (TPSA) is 144 Å². The third-order valence-corrected chi connectivity index (χ3v) is 4.57. The molecule has 12 heteroatoms. The molecular formula is C19H18ClFN6O4. The van der Waals surface area contributed by atoms with Crippen LogP contribution in [0.5, 0.6) is 0 Å². The number of aromatic amines is 1. The molecule has 31 heavy (non-hydrogen) atoms. The van der Waals surface area contributed by atoms with Crippen LogP contribution >= 0.6 is 11.6 Å². The number of aliphatic carboxylic acids is 1. The second-order valence-electron chi connectivity index (χ2n) is 6.93. The fraction of sp³-hybridized carbons (Fsp3) is 0.211. The van der Waals surface area contributed by atoms with Crippen LogP contribution in [0.25, 0.3) is 11.1 Å². The van der Waals surface area contributed by atoms with E-state index in [2.05, 4.69) is 26.0 Å². The minimum absolute atomic E-state index is 0.0331. The molecule has 1 aromatic heterocycles. The molecule has 0 aliphatic rings. The van der Waals surface area contributed by atoms with Gasteiger partial charge in [0.25, 0.3) is 5.82 Å². The van der Waals surface area contributed by atoms with Crippen molar-refractivity contribution in [2.45, 2.75) is 19.1 Å². The summed E-state index contributed by atoms with van der Waals surface area (Å²) in [7, 11) is 0. The zero-order valence-electron chi connectivity index (χ0n) is 16.2. The van der Waals surface area contributed by atoms with E-state index in [0.29, 0.717) is 21.7 Å². The van der Waals surface area contributed by atoms with Gasteiger partial charge in [-0.15, -0.1) is 10.2 Å². The summed E-state index contributed by atoms with van der Waals surface area (Å²) >= 11 is 5.94. The first kappa shape index (κ1) is 22.3. The molecule has 0 saturated heterocycles. The summed E-state index contributed by atoms with van der Waals surface area (Å²) in [5, 5.41) is 33.5. The van der Waals surface area contributed by atoms with Gasteiger partial charge in [0.1, 0.15) is 5.82 Å². The first-order valence-electron chi connectivity index (χ1n) is 8.95. The van der Waals surface area contributed by atoms with E-state index in [9.17, 15) is 24.2 Å². The van der Waals surface area contributed by atoms with E-state index in [4.69, 9.17) is 11.6 Å². The fourth-order valence-corrected chi connectivity index (χ4v) is 2.93. The SMILES string of the molecule is C[C@@](O)(CN(Cc1ccc(-c2cc(Cl)ccc2F)cc1)NC(=O)c1nn[nH]n1)C(=O)O. The number of benzene rings is 2. The number of aromatic nitrogens is 4. The molecule has 10 nitrogen and oxygen atoms in total. The summed E-state index contributed by atoms with van der Waals surface area (Å²) in [6.07, 6.45) is 0. The summed E-state index contributed by atoms with van der Waals surface area (Å²) in [6.45, 7) is 0.704. The van der Waals surface area contributed by atoms with Gasteiger partial charge in [0, 0.05) is 17.1 Å². The van der Waals surface area contributed by atoms with Gasteiger partial charge in [-0.2, -0.15) is 5.21 Å². The van der Waals surface area contributed by atoms with Gasteiger partial charge in [0.15, 0.2) is 5.60 Å². The highest BCUT2D eigenvalue weighted by Crippen LogP contribution is 2.26. The van der Waals surface area contributed by atoms with Crippen LogP contribution in [-0.4, -0.2) is 59.9 Å². The predicted molar refractivity (Wildman–Crippen MR) is 107 cm³/mol. The Morgan fingerprint density at radius 1 is 1.26 bits per heavy atom. The quantitative estimate of drug-likeness (QED) is 0.381. The van der Waals surface area contributed by atoms with Crippen LogP contribution in [-0.2, 0) is 11.3 Å². The lowest BCUT2D eigenvalue weighted by atomic mass is 10.0. The summed E-state index contributed by atoms with van der Waals surface area (Å²) in [6, 6.07) is 10.9. The average molecular weight is 449 g/mol. The molecule has 0 saturated carbocycles. The molecule has 0 aliphatic carbocycles. The Balaban J connectivity index is 1.80. The van der Waals surface area contributed by atoms with E-state index < -0.39 is 29.8 Å². The number of carboxylic acids is 1. The molecule has 1 atom stereocenters. The van der Waals surface area contributed by atoms with E-state index in [1.54, 1.807) is 24.3 Å². The van der Waals surface area contributed by atoms with Crippen LogP contribution in [0.15, 0.2) is 42.5 Å². The molecular weight excluding hydrogens is 431 g/mol. The summed E-state index contributed by atoms with van der Waals surface area (Å²) in [5.41, 5.74) is 1.87. The van der Waals surface area contributed by atoms with Gasteiger partial charge in [-0.1, -0.05) is 35.9 Å². The lowest BCUT2D eigenvalue weighted by Crippen LogP contribution is -2.52. The lowest BCUT2D eigenvalue weighted by Gasteiger charge is -2.28. The highest BCUT2D eigenvalue weighted by atomic mass is 35.5. The summed E-state index contributed by atoms with van der Waals surface area (Å²) in [4.78, 5) is 23.6. The molecule has 162 valence electrons. The number of amides is 1. The van der Waals surface area contributed by atoms with Crippen LogP contribution in [0, 0.1) is 5.82 Å². The average Bonchev–Trinajstić information content (AvgIpc) is 3.25. The Bertz CT molecular complexity index is 1080. The maximum atomic E-state index is 14.1. The number of rotatable bonds is 8. The maximum absolute atomic E-state index is 14.1. The smallest absolute Gasteiger partial charge is 0.336 e. The third kappa shape index (κ3) is 5.60. The van der Waals surface area contributed by atoms with Crippen molar-refractivity contribution in [1.29, 1.82) is 0 Å². The number of carbonyl (C=O) groups is 2. The fourth-order valence-electron chi connectivity index (χ4n) is 2.75. The van der Waals surface area contributed by atoms with E-state index in [1.165, 1.54) is 23.2 Å². The number of nitrogens with zero attached hydrogens (tertiary/aromatic N) is 4. The second-order valence-corrected chi connectivity index (χ2v) is 7.37. The third-order valence-electron chi connectivity index (χ3n) is 4.33. The zero-order valence-corrected chi connectivity index (χ0v) is 17.0. The molecule has 3 rings (SSSR count). The Hall–Kier alpha value is -3.41. The van der Waals surface area contributed by atoms with Crippen molar-refractivity contribution >= 4 is 23.5 Å². The van der Waals surface area contributed by atoms with Gasteiger partial charge < -0.3 is 10.2 Å². The predicted octanol–water partition coefficient (Wildman–Crippen LogP) is 1.64. The standard InChI is InChI=1S/C19H18ClFN6O4/c1-19(31,18(29)30)10-27(24-17(28)16-22-25-26-23-16)9-11-2-4-12(5-3-11)14-8-13(20)6-7-15(14)21/h2-8,31H,9-10H2,1H3,(H,24,28)(H,29,30)(H,22,23,25,26)/t19-/m1/s1. The molecule has 2 aromatic carbocycles. The lowest BCUT2D eigenvalue weighted by molar-refractivity contribution is -0.159. The van der Waals surface area contributed by atoms with Crippen molar-refractivity contribution in [3.63, 3.8) is 0 Å². The Kier molecular flexibility index (Phi) is 6.59. The summed E-state index contributed by atoms with van der Waals surface area (Å²) in [5.74, 6) is -2.89. The first-order valence-corrected chi connectivity index (χ1v) is 9.33. The number of H-pyrrole nitrogens is 1. The van der Waals surface area contributed by atoms with Gasteiger partial charge in [-0.3, -0.25) is 10.2 Å². The molecule has 1 heterocycles. The number of carbonyl (C=O) groups excluding carboxylic acids is 1. The highest BCUT2D eigenvalue weighted by molar-refractivity contribution is 6.30. The molecule has 4 N–H and O–H groups in total. The first-order chi connectivity index (χ1) is 14.7. The number of nitrogens with one attached hydrogen (secondary N) is 2. The minimum Gasteiger partial charge on any atom is -0.479 e. The summed E-state index contributed by atoms with van der Waals surface area (Å²) < 4.78 is 14.1. The van der Waals surface area contributed by atoms with E-state index in [-0.39, 0.29) is 12.4 Å². The van der Waals surface area contributed by atoms with Gasteiger partial charge in [-0.25, -0.2) is 14.2 Å². The van der Waals surface area contributed by atoms with Crippen LogP contribution in [0.4, 0.5) is 4.39 Å². The molecule has 0 spiro atoms. The Morgan fingerprint density at radius 3 is 2.58 bits per heavy atom. The normalized spacial score (nSPS) is 13.1. The van der Waals surface area contributed by atoms with Crippen LogP contribution in [0.2, 0.25) is 5.02 Å². The van der Waals surface area contributed by atoms with Gasteiger partial charge in [-0.05, 0) is 41.5 Å². The molecule has 0 aliphatic heterocycles. The van der Waals surface area contributed by atoms with Gasteiger partial charge in [0.05, 0.1) is 6.54 Å². The molecule has 3 aromatic rings. The highest BCUT2D eigenvalue weighted by Gasteiger charge is 2.33. The van der Waals surface area contributed by atoms with Crippen LogP contribution in [0.1, 0.15) is 23.1 Å². The zero-order chi connectivity index (χ0) is 22.6. The van der Waals surface area contributed by atoms with Gasteiger partial charge in [0.2, 0.25) is 0 Å². The van der Waals surface area contributed by atoms with Crippen molar-refractivity contribution < 1.29 is 24.2 Å². The van der Waals surface area contributed by atoms with Crippen molar-refractivity contribution in [2.75, 3.05) is 6.54 Å². The molecule has 0 fully saturated rings. The number of carboxylic acid groups (broad SMARTS) is 1. The monoisotopic (exact) mass is 448 g/mol. The van der Waals surface area contributed by atoms with Crippen LogP contribution in [0.3, 0.4) is 0 Å². The van der Waals surface area contributed by atoms with Crippen molar-refractivity contribution in [1.82, 2.24) is 31.1 Å². The van der Waals surface area contributed by atoms with Crippen molar-refractivity contribution in [3.8, 4) is 11.1 Å². The van der Waals surface area contributed by atoms with Gasteiger partial charge >= 0.3 is 11.9 Å². The Labute approximate surface area is 180 Å². The van der Waals surface area contributed by atoms with Crippen molar-refractivity contribution in [2.24, 2.45) is 0 Å². The molecule has 0 bridgehead atoms. The number of hydrogen-bond donors (Lipinski definition) is 4.